The van der Waals surface area contributed by atoms with Crippen LogP contribution < -0.4 is 4.90 Å². The molecule has 100 valence electrons. The Labute approximate surface area is 123 Å². The predicted molar refractivity (Wildman–Crippen MR) is 77.8 cm³/mol. The van der Waals surface area contributed by atoms with E-state index in [0.717, 1.165) is 5.69 Å². The molecule has 0 aliphatic heterocycles. The molecule has 1 heterocycles. The van der Waals surface area contributed by atoms with Gasteiger partial charge in [0.2, 0.25) is 0 Å². The molecule has 0 aliphatic rings. The average molecular weight is 333 g/mol. The molecule has 6 nitrogen and oxygen atoms in total. The second-order valence-corrected chi connectivity index (χ2v) is 4.82. The highest BCUT2D eigenvalue weighted by atomic mass is 79.9. The van der Waals surface area contributed by atoms with Crippen LogP contribution in [0.4, 0.5) is 17.1 Å². The normalized spacial score (nSPS) is 9.85. The van der Waals surface area contributed by atoms with E-state index in [4.69, 9.17) is 5.26 Å². The van der Waals surface area contributed by atoms with Gasteiger partial charge in [0.05, 0.1) is 21.0 Å². The van der Waals surface area contributed by atoms with Gasteiger partial charge in [-0.2, -0.15) is 5.26 Å². The highest BCUT2D eigenvalue weighted by molar-refractivity contribution is 9.10. The summed E-state index contributed by atoms with van der Waals surface area (Å²) in [6, 6.07) is 8.81. The van der Waals surface area contributed by atoms with Gasteiger partial charge in [0.25, 0.3) is 0 Å². The van der Waals surface area contributed by atoms with Crippen LogP contribution in [-0.2, 0) is 0 Å². The molecule has 0 saturated heterocycles. The van der Waals surface area contributed by atoms with Crippen LogP contribution in [0.2, 0.25) is 0 Å². The number of aromatic nitrogens is 1. The summed E-state index contributed by atoms with van der Waals surface area (Å²) in [6.45, 7) is 0. The molecule has 0 saturated carbocycles. The van der Waals surface area contributed by atoms with Crippen molar-refractivity contribution in [2.45, 2.75) is 0 Å². The lowest BCUT2D eigenvalue weighted by Gasteiger charge is -2.20. The molecule has 0 amide bonds. The Balaban J connectivity index is 2.50. The van der Waals surface area contributed by atoms with E-state index in [1.54, 1.807) is 36.2 Å². The second-order valence-electron chi connectivity index (χ2n) is 3.96. The number of hydrogen-bond acceptors (Lipinski definition) is 5. The zero-order chi connectivity index (χ0) is 14.7. The molecule has 0 fully saturated rings. The topological polar surface area (TPSA) is 83.1 Å². The molecule has 2 aromatic rings. The first kappa shape index (κ1) is 14.0. The summed E-state index contributed by atoms with van der Waals surface area (Å²) in [5.41, 5.74) is 1.59. The number of nitro groups is 1. The number of halogens is 1. The van der Waals surface area contributed by atoms with Gasteiger partial charge >= 0.3 is 5.69 Å². The van der Waals surface area contributed by atoms with Crippen molar-refractivity contribution in [2.24, 2.45) is 0 Å². The fourth-order valence-electron chi connectivity index (χ4n) is 1.77. The molecule has 0 spiro atoms. The SMILES string of the molecule is CN(c1ccc(C#N)cc1)c1c(Br)cncc1[N+](=O)[O-]. The molecular weight excluding hydrogens is 324 g/mol. The van der Waals surface area contributed by atoms with Crippen LogP contribution in [0.1, 0.15) is 5.56 Å². The molecule has 2 rings (SSSR count). The summed E-state index contributed by atoms with van der Waals surface area (Å²) < 4.78 is 0.526. The summed E-state index contributed by atoms with van der Waals surface area (Å²) in [5, 5.41) is 19.9. The highest BCUT2D eigenvalue weighted by Gasteiger charge is 2.21. The van der Waals surface area contributed by atoms with Crippen LogP contribution in [-0.4, -0.2) is 17.0 Å². The molecule has 7 heteroatoms. The Morgan fingerprint density at radius 3 is 2.55 bits per heavy atom. The fraction of sp³-hybridized carbons (Fsp3) is 0.0769. The number of nitrogens with zero attached hydrogens (tertiary/aromatic N) is 4. The Bertz CT molecular complexity index is 695. The summed E-state index contributed by atoms with van der Waals surface area (Å²) in [7, 11) is 1.72. The van der Waals surface area contributed by atoms with E-state index in [1.807, 2.05) is 6.07 Å². The minimum atomic E-state index is -0.479. The van der Waals surface area contributed by atoms with Crippen molar-refractivity contribution in [1.82, 2.24) is 4.98 Å². The summed E-state index contributed by atoms with van der Waals surface area (Å²) in [4.78, 5) is 16.1. The molecular formula is C13H9BrN4O2. The van der Waals surface area contributed by atoms with E-state index in [9.17, 15) is 10.1 Å². The summed E-state index contributed by atoms with van der Waals surface area (Å²) in [5.74, 6) is 0. The Kier molecular flexibility index (Phi) is 3.96. The van der Waals surface area contributed by atoms with Gasteiger partial charge in [-0.05, 0) is 40.2 Å². The Hall–Kier alpha value is -2.46. The number of benzene rings is 1. The molecule has 0 unspecified atom stereocenters. The third-order valence-electron chi connectivity index (χ3n) is 2.77. The molecule has 1 aromatic carbocycles. The minimum Gasteiger partial charge on any atom is -0.338 e. The van der Waals surface area contributed by atoms with E-state index in [2.05, 4.69) is 20.9 Å². The molecule has 0 aliphatic carbocycles. The smallest absolute Gasteiger partial charge is 0.312 e. The zero-order valence-electron chi connectivity index (χ0n) is 10.4. The lowest BCUT2D eigenvalue weighted by Crippen LogP contribution is -2.12. The maximum Gasteiger partial charge on any atom is 0.312 e. The van der Waals surface area contributed by atoms with Crippen LogP contribution in [0.5, 0.6) is 0 Å². The van der Waals surface area contributed by atoms with Crippen molar-refractivity contribution >= 4 is 33.0 Å². The summed E-state index contributed by atoms with van der Waals surface area (Å²) in [6.07, 6.45) is 2.71. The first-order valence-corrected chi connectivity index (χ1v) is 6.35. The first-order valence-electron chi connectivity index (χ1n) is 5.56. The van der Waals surface area contributed by atoms with Crippen molar-refractivity contribution in [3.05, 3.63) is 56.8 Å². The van der Waals surface area contributed by atoms with Crippen molar-refractivity contribution in [2.75, 3.05) is 11.9 Å². The van der Waals surface area contributed by atoms with Gasteiger partial charge in [-0.25, -0.2) is 0 Å². The van der Waals surface area contributed by atoms with Crippen LogP contribution in [0.25, 0.3) is 0 Å². The molecule has 0 bridgehead atoms. The van der Waals surface area contributed by atoms with Gasteiger partial charge in [0, 0.05) is 18.9 Å². The quantitative estimate of drug-likeness (QED) is 0.635. The third-order valence-corrected chi connectivity index (χ3v) is 3.35. The lowest BCUT2D eigenvalue weighted by molar-refractivity contribution is -0.384. The Morgan fingerprint density at radius 2 is 2.00 bits per heavy atom. The number of rotatable bonds is 3. The zero-order valence-corrected chi connectivity index (χ0v) is 12.0. The number of nitriles is 1. The predicted octanol–water partition coefficient (Wildman–Crippen LogP) is 3.39. The van der Waals surface area contributed by atoms with Crippen LogP contribution >= 0.6 is 15.9 Å². The number of anilines is 2. The number of hydrogen-bond donors (Lipinski definition) is 0. The molecule has 0 N–H and O–H groups in total. The third kappa shape index (κ3) is 2.60. The van der Waals surface area contributed by atoms with E-state index in [1.165, 1.54) is 12.4 Å². The van der Waals surface area contributed by atoms with Crippen molar-refractivity contribution < 1.29 is 4.92 Å². The van der Waals surface area contributed by atoms with Crippen molar-refractivity contribution in [1.29, 1.82) is 5.26 Å². The molecule has 0 atom stereocenters. The van der Waals surface area contributed by atoms with E-state index in [-0.39, 0.29) is 5.69 Å². The van der Waals surface area contributed by atoms with Gasteiger partial charge in [-0.15, -0.1) is 0 Å². The van der Waals surface area contributed by atoms with E-state index < -0.39 is 4.92 Å². The summed E-state index contributed by atoms with van der Waals surface area (Å²) >= 11 is 3.28. The minimum absolute atomic E-state index is 0.0914. The Morgan fingerprint density at radius 1 is 1.35 bits per heavy atom. The van der Waals surface area contributed by atoms with Crippen LogP contribution in [0.3, 0.4) is 0 Å². The van der Waals surface area contributed by atoms with Crippen molar-refractivity contribution in [3.8, 4) is 6.07 Å². The monoisotopic (exact) mass is 332 g/mol. The standard InChI is InChI=1S/C13H9BrN4O2/c1-17(10-4-2-9(6-15)3-5-10)13-11(14)7-16-8-12(13)18(19)20/h2-5,7-8H,1H3. The highest BCUT2D eigenvalue weighted by Crippen LogP contribution is 2.37. The molecule has 0 radical (unpaired) electrons. The lowest BCUT2D eigenvalue weighted by atomic mass is 10.2. The van der Waals surface area contributed by atoms with Crippen molar-refractivity contribution in [3.63, 3.8) is 0 Å². The largest absolute Gasteiger partial charge is 0.338 e. The van der Waals surface area contributed by atoms with E-state index >= 15 is 0 Å². The maximum atomic E-state index is 11.1. The average Bonchev–Trinajstić information content (AvgIpc) is 2.46. The maximum absolute atomic E-state index is 11.1. The van der Waals surface area contributed by atoms with Crippen LogP contribution in [0, 0.1) is 21.4 Å². The van der Waals surface area contributed by atoms with Gasteiger partial charge in [0.15, 0.2) is 0 Å². The molecule has 20 heavy (non-hydrogen) atoms. The second kappa shape index (κ2) is 5.67. The first-order chi connectivity index (χ1) is 9.54. The fourth-order valence-corrected chi connectivity index (χ4v) is 2.36. The number of pyridine rings is 1. The van der Waals surface area contributed by atoms with Gasteiger partial charge in [-0.1, -0.05) is 0 Å². The van der Waals surface area contributed by atoms with E-state index in [0.29, 0.717) is 15.7 Å². The van der Waals surface area contributed by atoms with Gasteiger partial charge < -0.3 is 4.90 Å². The molecule has 1 aromatic heterocycles. The van der Waals surface area contributed by atoms with Gasteiger partial charge in [0.1, 0.15) is 11.9 Å². The van der Waals surface area contributed by atoms with Gasteiger partial charge in [-0.3, -0.25) is 15.1 Å². The van der Waals surface area contributed by atoms with Crippen LogP contribution in [0.15, 0.2) is 41.1 Å².